The minimum absolute atomic E-state index is 0.199. The summed E-state index contributed by atoms with van der Waals surface area (Å²) in [4.78, 5) is 12.1. The minimum Gasteiger partial charge on any atom is -0.451 e. The summed E-state index contributed by atoms with van der Waals surface area (Å²) in [5.74, 6) is 0.407. The molecule has 0 spiro atoms. The minimum atomic E-state index is -0.384. The van der Waals surface area contributed by atoms with E-state index in [0.717, 1.165) is 5.56 Å². The summed E-state index contributed by atoms with van der Waals surface area (Å²) in [5.41, 5.74) is 6.85. The van der Waals surface area contributed by atoms with Crippen molar-refractivity contribution in [2.24, 2.45) is 0 Å². The molecule has 0 aliphatic heterocycles. The molecule has 0 aliphatic carbocycles. The smallest absolute Gasteiger partial charge is 0.305 e. The highest BCUT2D eigenvalue weighted by Crippen LogP contribution is 2.23. The Morgan fingerprint density at radius 1 is 0.913 bits per heavy atom. The number of amides is 1. The van der Waals surface area contributed by atoms with Gasteiger partial charge in [0.25, 0.3) is 0 Å². The van der Waals surface area contributed by atoms with Gasteiger partial charge in [0.2, 0.25) is 0 Å². The van der Waals surface area contributed by atoms with Crippen molar-refractivity contribution in [2.45, 2.75) is 0 Å². The summed E-state index contributed by atoms with van der Waals surface area (Å²) >= 11 is 11.7. The number of anilines is 1. The molecule has 1 heterocycles. The second-order valence-electron chi connectivity index (χ2n) is 4.76. The lowest BCUT2D eigenvalue weighted by atomic mass is 10.2. The van der Waals surface area contributed by atoms with Gasteiger partial charge in [-0.2, -0.15) is 0 Å². The predicted molar refractivity (Wildman–Crippen MR) is 91.7 cm³/mol. The lowest BCUT2D eigenvalue weighted by Crippen LogP contribution is -2.28. The fourth-order valence-corrected chi connectivity index (χ4v) is 2.30. The zero-order valence-corrected chi connectivity index (χ0v) is 13.4. The number of halogens is 2. The third-order valence-electron chi connectivity index (χ3n) is 3.10. The third kappa shape index (κ3) is 3.86. The van der Waals surface area contributed by atoms with Gasteiger partial charge in [0.05, 0.1) is 5.69 Å². The number of nitrogens with one attached hydrogen (secondary N) is 2. The van der Waals surface area contributed by atoms with Crippen LogP contribution in [0.1, 0.15) is 10.6 Å². The second-order valence-corrected chi connectivity index (χ2v) is 5.63. The topological polar surface area (TPSA) is 54.3 Å². The highest BCUT2D eigenvalue weighted by atomic mass is 35.5. The Balaban J connectivity index is 1.67. The van der Waals surface area contributed by atoms with Crippen LogP contribution < -0.4 is 10.9 Å². The number of hydrogen-bond acceptors (Lipinski definition) is 3. The van der Waals surface area contributed by atoms with Crippen molar-refractivity contribution in [3.05, 3.63) is 76.5 Å². The fourth-order valence-electron chi connectivity index (χ4n) is 1.99. The van der Waals surface area contributed by atoms with Gasteiger partial charge in [0, 0.05) is 15.6 Å². The molecule has 4 nitrogen and oxygen atoms in total. The molecular weight excluding hydrogens is 335 g/mol. The number of hydrazine groups is 1. The number of hydrogen-bond donors (Lipinski definition) is 2. The van der Waals surface area contributed by atoms with Gasteiger partial charge in [-0.25, -0.2) is 0 Å². The summed E-state index contributed by atoms with van der Waals surface area (Å²) < 4.78 is 5.56. The van der Waals surface area contributed by atoms with Crippen molar-refractivity contribution in [1.29, 1.82) is 0 Å². The summed E-state index contributed by atoms with van der Waals surface area (Å²) in [6.45, 7) is 0. The van der Waals surface area contributed by atoms with Gasteiger partial charge in [0.1, 0.15) is 5.76 Å². The quantitative estimate of drug-likeness (QED) is 0.652. The molecule has 2 N–H and O–H groups in total. The molecule has 23 heavy (non-hydrogen) atoms. The molecule has 1 amide bonds. The molecule has 1 aromatic heterocycles. The largest absolute Gasteiger partial charge is 0.451 e. The van der Waals surface area contributed by atoms with E-state index in [0.29, 0.717) is 21.5 Å². The van der Waals surface area contributed by atoms with E-state index >= 15 is 0 Å². The van der Waals surface area contributed by atoms with E-state index in [1.165, 1.54) is 0 Å². The Kier molecular flexibility index (Phi) is 4.55. The van der Waals surface area contributed by atoms with E-state index in [4.69, 9.17) is 27.6 Å². The van der Waals surface area contributed by atoms with E-state index in [1.54, 1.807) is 48.5 Å². The normalized spacial score (nSPS) is 10.3. The van der Waals surface area contributed by atoms with Crippen molar-refractivity contribution < 1.29 is 9.21 Å². The van der Waals surface area contributed by atoms with Crippen LogP contribution in [0.4, 0.5) is 5.69 Å². The maximum Gasteiger partial charge on any atom is 0.305 e. The van der Waals surface area contributed by atoms with Crippen molar-refractivity contribution in [1.82, 2.24) is 5.43 Å². The lowest BCUT2D eigenvalue weighted by Gasteiger charge is -2.07. The maximum atomic E-state index is 12.1. The van der Waals surface area contributed by atoms with E-state index < -0.39 is 0 Å². The zero-order chi connectivity index (χ0) is 16.2. The van der Waals surface area contributed by atoms with Gasteiger partial charge in [-0.15, -0.1) is 0 Å². The van der Waals surface area contributed by atoms with Crippen LogP contribution >= 0.6 is 23.2 Å². The molecule has 0 radical (unpaired) electrons. The van der Waals surface area contributed by atoms with E-state index in [1.807, 2.05) is 12.1 Å². The zero-order valence-electron chi connectivity index (χ0n) is 11.8. The molecular formula is C17H12Cl2N2O2. The average molecular weight is 347 g/mol. The summed E-state index contributed by atoms with van der Waals surface area (Å²) in [5, 5.41) is 1.22. The SMILES string of the molecule is O=C(NNc1cccc(Cl)c1)c1ccc(-c2ccc(Cl)cc2)o1. The van der Waals surface area contributed by atoms with Crippen LogP contribution in [0.25, 0.3) is 11.3 Å². The van der Waals surface area contributed by atoms with Gasteiger partial charge >= 0.3 is 5.91 Å². The monoisotopic (exact) mass is 346 g/mol. The Hall–Kier alpha value is -2.43. The van der Waals surface area contributed by atoms with Crippen LogP contribution in [-0.4, -0.2) is 5.91 Å². The van der Waals surface area contributed by atoms with Crippen LogP contribution in [0, 0.1) is 0 Å². The molecule has 0 aliphatic rings. The van der Waals surface area contributed by atoms with Crippen molar-refractivity contribution in [3.63, 3.8) is 0 Å². The first kappa shape index (κ1) is 15.5. The first-order valence-electron chi connectivity index (χ1n) is 6.79. The van der Waals surface area contributed by atoms with E-state index in [-0.39, 0.29) is 11.7 Å². The molecule has 0 saturated heterocycles. The molecule has 2 aromatic carbocycles. The molecule has 3 rings (SSSR count). The van der Waals surface area contributed by atoms with Crippen LogP contribution in [0.3, 0.4) is 0 Å². The molecule has 3 aromatic rings. The molecule has 0 fully saturated rings. The van der Waals surface area contributed by atoms with Gasteiger partial charge < -0.3 is 4.42 Å². The number of furan rings is 1. The maximum absolute atomic E-state index is 12.1. The van der Waals surface area contributed by atoms with E-state index in [2.05, 4.69) is 10.9 Å². The van der Waals surface area contributed by atoms with Crippen molar-refractivity contribution >= 4 is 34.8 Å². The average Bonchev–Trinajstić information content (AvgIpc) is 3.03. The molecule has 0 atom stereocenters. The molecule has 116 valence electrons. The standard InChI is InChI=1S/C17H12Cl2N2O2/c18-12-6-4-11(5-7-12)15-8-9-16(23-15)17(22)21-20-14-3-1-2-13(19)10-14/h1-10,20H,(H,21,22). The first-order chi connectivity index (χ1) is 11.1. The van der Waals surface area contributed by atoms with Crippen LogP contribution in [0.15, 0.2) is 65.1 Å². The molecule has 6 heteroatoms. The van der Waals surface area contributed by atoms with Gasteiger partial charge in [-0.3, -0.25) is 15.6 Å². The number of carbonyl (C=O) groups excluding carboxylic acids is 1. The summed E-state index contributed by atoms with van der Waals surface area (Å²) in [6, 6.07) is 17.5. The molecule has 0 unspecified atom stereocenters. The Bertz CT molecular complexity index is 829. The number of carbonyl (C=O) groups is 1. The lowest BCUT2D eigenvalue weighted by molar-refractivity contribution is 0.0936. The molecule has 0 bridgehead atoms. The number of benzene rings is 2. The van der Waals surface area contributed by atoms with Crippen LogP contribution in [0.2, 0.25) is 10.0 Å². The Morgan fingerprint density at radius 2 is 1.70 bits per heavy atom. The van der Waals surface area contributed by atoms with E-state index in [9.17, 15) is 4.79 Å². The Labute approximate surface area is 143 Å². The highest BCUT2D eigenvalue weighted by Gasteiger charge is 2.12. The van der Waals surface area contributed by atoms with Crippen molar-refractivity contribution in [3.8, 4) is 11.3 Å². The van der Waals surface area contributed by atoms with Gasteiger partial charge in [-0.05, 0) is 54.6 Å². The Morgan fingerprint density at radius 3 is 2.43 bits per heavy atom. The molecule has 0 saturated carbocycles. The second kappa shape index (κ2) is 6.77. The predicted octanol–water partition coefficient (Wildman–Crippen LogP) is 5.01. The number of rotatable bonds is 4. The third-order valence-corrected chi connectivity index (χ3v) is 3.59. The first-order valence-corrected chi connectivity index (χ1v) is 7.55. The highest BCUT2D eigenvalue weighted by molar-refractivity contribution is 6.31. The fraction of sp³-hybridized carbons (Fsp3) is 0. The van der Waals surface area contributed by atoms with Crippen LogP contribution in [-0.2, 0) is 0 Å². The van der Waals surface area contributed by atoms with Gasteiger partial charge in [0.15, 0.2) is 5.76 Å². The summed E-state index contributed by atoms with van der Waals surface area (Å²) in [6.07, 6.45) is 0. The van der Waals surface area contributed by atoms with Crippen LogP contribution in [0.5, 0.6) is 0 Å². The van der Waals surface area contributed by atoms with Crippen molar-refractivity contribution in [2.75, 3.05) is 5.43 Å². The van der Waals surface area contributed by atoms with Gasteiger partial charge in [-0.1, -0.05) is 29.3 Å². The summed E-state index contributed by atoms with van der Waals surface area (Å²) in [7, 11) is 0.